The lowest BCUT2D eigenvalue weighted by Gasteiger charge is -2.15. The molecule has 1 aromatic heterocycles. The first-order valence-electron chi connectivity index (χ1n) is 7.53. The van der Waals surface area contributed by atoms with Crippen LogP contribution in [-0.2, 0) is 6.18 Å². The summed E-state index contributed by atoms with van der Waals surface area (Å²) in [5.41, 5.74) is 0.652. The molecule has 2 aromatic rings. The fourth-order valence-corrected chi connectivity index (χ4v) is 2.58. The summed E-state index contributed by atoms with van der Waals surface area (Å²) in [6.45, 7) is 3.00. The molecule has 5 nitrogen and oxygen atoms in total. The third kappa shape index (κ3) is 5.86. The third-order valence-electron chi connectivity index (χ3n) is 3.25. The first kappa shape index (κ1) is 19.5. The molecule has 0 saturated carbocycles. The van der Waals surface area contributed by atoms with Crippen molar-refractivity contribution < 1.29 is 13.2 Å². The van der Waals surface area contributed by atoms with Crippen molar-refractivity contribution in [1.29, 1.82) is 0 Å². The van der Waals surface area contributed by atoms with Crippen molar-refractivity contribution >= 4 is 33.4 Å². The van der Waals surface area contributed by atoms with E-state index in [1.54, 1.807) is 6.07 Å². The molecule has 0 aliphatic carbocycles. The van der Waals surface area contributed by atoms with Crippen molar-refractivity contribution in [1.82, 2.24) is 14.9 Å². The van der Waals surface area contributed by atoms with E-state index in [2.05, 4.69) is 36.5 Å². The van der Waals surface area contributed by atoms with Crippen molar-refractivity contribution in [2.45, 2.75) is 13.1 Å². The minimum Gasteiger partial charge on any atom is -0.353 e. The van der Waals surface area contributed by atoms with E-state index in [-0.39, 0.29) is 11.8 Å². The van der Waals surface area contributed by atoms with Crippen molar-refractivity contribution in [2.24, 2.45) is 0 Å². The monoisotopic (exact) mass is 417 g/mol. The summed E-state index contributed by atoms with van der Waals surface area (Å²) in [7, 11) is 3.74. The Morgan fingerprint density at radius 3 is 2.48 bits per heavy atom. The van der Waals surface area contributed by atoms with Crippen molar-refractivity contribution in [2.75, 3.05) is 37.8 Å². The fourth-order valence-electron chi connectivity index (χ4n) is 1.99. The average molecular weight is 418 g/mol. The number of hydrogen-bond acceptors (Lipinski definition) is 5. The first-order chi connectivity index (χ1) is 11.6. The van der Waals surface area contributed by atoms with E-state index in [0.29, 0.717) is 18.8 Å². The predicted molar refractivity (Wildman–Crippen MR) is 96.2 cm³/mol. The van der Waals surface area contributed by atoms with Crippen LogP contribution in [0.15, 0.2) is 28.7 Å². The summed E-state index contributed by atoms with van der Waals surface area (Å²) in [6, 6.07) is 6.39. The summed E-state index contributed by atoms with van der Waals surface area (Å²) >= 11 is 3.39. The number of hydrogen-bond donors (Lipinski definition) is 2. The minimum atomic E-state index is -4.55. The second-order valence-electron chi connectivity index (χ2n) is 5.80. The molecule has 1 heterocycles. The fraction of sp³-hybridized carbons (Fsp3) is 0.375. The van der Waals surface area contributed by atoms with Crippen LogP contribution < -0.4 is 10.6 Å². The molecule has 1 aromatic carbocycles. The SMILES string of the molecule is Cc1ccc(Nc2cc(C(F)(F)F)nc(NCCN(C)C)n2)c(Br)c1. The molecule has 0 aliphatic rings. The maximum Gasteiger partial charge on any atom is 0.433 e. The van der Waals surface area contributed by atoms with Gasteiger partial charge in [0.2, 0.25) is 5.95 Å². The highest BCUT2D eigenvalue weighted by molar-refractivity contribution is 9.10. The van der Waals surface area contributed by atoms with Crippen LogP contribution >= 0.6 is 15.9 Å². The quantitative estimate of drug-likeness (QED) is 0.734. The smallest absolute Gasteiger partial charge is 0.353 e. The van der Waals surface area contributed by atoms with Gasteiger partial charge >= 0.3 is 6.18 Å². The number of aryl methyl sites for hydroxylation is 1. The Morgan fingerprint density at radius 1 is 1.16 bits per heavy atom. The van der Waals surface area contributed by atoms with Crippen LogP contribution in [0.25, 0.3) is 0 Å². The van der Waals surface area contributed by atoms with Crippen LogP contribution in [0.4, 0.5) is 30.6 Å². The van der Waals surface area contributed by atoms with Crippen LogP contribution in [0, 0.1) is 6.92 Å². The molecule has 0 spiro atoms. The van der Waals surface area contributed by atoms with Gasteiger partial charge in [0, 0.05) is 23.6 Å². The second-order valence-corrected chi connectivity index (χ2v) is 6.65. The molecule has 0 unspecified atom stereocenters. The molecule has 0 radical (unpaired) electrons. The number of rotatable bonds is 6. The third-order valence-corrected chi connectivity index (χ3v) is 3.90. The van der Waals surface area contributed by atoms with Gasteiger partial charge in [-0.2, -0.15) is 18.2 Å². The number of nitrogens with zero attached hydrogens (tertiary/aromatic N) is 3. The van der Waals surface area contributed by atoms with Gasteiger partial charge in [0.15, 0.2) is 5.69 Å². The standard InChI is InChI=1S/C16H19BrF3N5/c1-10-4-5-12(11(17)8-10)22-14-9-13(16(18,19)20)23-15(24-14)21-6-7-25(2)3/h4-5,8-9H,6-7H2,1-3H3,(H2,21,22,23,24). The number of aromatic nitrogens is 2. The molecule has 0 saturated heterocycles. The highest BCUT2D eigenvalue weighted by Gasteiger charge is 2.33. The Bertz CT molecular complexity index is 734. The normalized spacial score (nSPS) is 11.7. The van der Waals surface area contributed by atoms with Gasteiger partial charge < -0.3 is 15.5 Å². The van der Waals surface area contributed by atoms with Crippen LogP contribution in [0.2, 0.25) is 0 Å². The zero-order valence-electron chi connectivity index (χ0n) is 14.1. The van der Waals surface area contributed by atoms with Gasteiger partial charge in [0.05, 0.1) is 5.69 Å². The summed E-state index contributed by atoms with van der Waals surface area (Å²) in [6.07, 6.45) is -4.55. The Kier molecular flexibility index (Phi) is 6.23. The van der Waals surface area contributed by atoms with E-state index in [1.165, 1.54) is 0 Å². The molecule has 0 fully saturated rings. The zero-order chi connectivity index (χ0) is 18.6. The van der Waals surface area contributed by atoms with Gasteiger partial charge in [0.25, 0.3) is 0 Å². The van der Waals surface area contributed by atoms with Gasteiger partial charge in [-0.25, -0.2) is 4.98 Å². The maximum absolute atomic E-state index is 13.1. The molecule has 25 heavy (non-hydrogen) atoms. The highest BCUT2D eigenvalue weighted by Crippen LogP contribution is 2.32. The molecule has 0 amide bonds. The number of likely N-dealkylation sites (N-methyl/N-ethyl adjacent to an activating group) is 1. The summed E-state index contributed by atoms with van der Waals surface area (Å²) in [4.78, 5) is 9.60. The molecular weight excluding hydrogens is 399 g/mol. The van der Waals surface area contributed by atoms with Gasteiger partial charge in [0.1, 0.15) is 5.82 Å². The minimum absolute atomic E-state index is 0.0672. The lowest BCUT2D eigenvalue weighted by Crippen LogP contribution is -2.22. The average Bonchev–Trinajstić information content (AvgIpc) is 2.49. The lowest BCUT2D eigenvalue weighted by molar-refractivity contribution is -0.141. The van der Waals surface area contributed by atoms with E-state index < -0.39 is 11.9 Å². The van der Waals surface area contributed by atoms with Crippen molar-refractivity contribution in [3.05, 3.63) is 40.0 Å². The lowest BCUT2D eigenvalue weighted by atomic mass is 10.2. The van der Waals surface area contributed by atoms with Crippen LogP contribution in [0.1, 0.15) is 11.3 Å². The van der Waals surface area contributed by atoms with Crippen LogP contribution in [0.5, 0.6) is 0 Å². The summed E-state index contributed by atoms with van der Waals surface area (Å²) in [5, 5.41) is 5.73. The molecule has 9 heteroatoms. The number of benzene rings is 1. The number of alkyl halides is 3. The number of nitrogens with one attached hydrogen (secondary N) is 2. The second kappa shape index (κ2) is 8.01. The van der Waals surface area contributed by atoms with Gasteiger partial charge in [-0.15, -0.1) is 0 Å². The van der Waals surface area contributed by atoms with Crippen molar-refractivity contribution in [3.63, 3.8) is 0 Å². The van der Waals surface area contributed by atoms with Gasteiger partial charge in [-0.3, -0.25) is 0 Å². The number of anilines is 3. The highest BCUT2D eigenvalue weighted by atomic mass is 79.9. The van der Waals surface area contributed by atoms with E-state index >= 15 is 0 Å². The van der Waals surface area contributed by atoms with Crippen molar-refractivity contribution in [3.8, 4) is 0 Å². The Morgan fingerprint density at radius 2 is 1.88 bits per heavy atom. The largest absolute Gasteiger partial charge is 0.433 e. The Hall–Kier alpha value is -1.87. The van der Waals surface area contributed by atoms with E-state index in [1.807, 2.05) is 38.1 Å². The van der Waals surface area contributed by atoms with Gasteiger partial charge in [-0.05, 0) is 54.6 Å². The van der Waals surface area contributed by atoms with Crippen LogP contribution in [0.3, 0.4) is 0 Å². The molecule has 0 atom stereocenters. The molecule has 136 valence electrons. The molecule has 0 bridgehead atoms. The summed E-state index contributed by atoms with van der Waals surface area (Å²) in [5.74, 6) is 0.00152. The molecule has 2 rings (SSSR count). The van der Waals surface area contributed by atoms with E-state index in [0.717, 1.165) is 16.1 Å². The Balaban J connectivity index is 2.29. The molecule has 0 aliphatic heterocycles. The zero-order valence-corrected chi connectivity index (χ0v) is 15.7. The predicted octanol–water partition coefficient (Wildman–Crippen LogP) is 4.28. The Labute approximate surface area is 152 Å². The molecular formula is C16H19BrF3N5. The van der Waals surface area contributed by atoms with Gasteiger partial charge in [-0.1, -0.05) is 6.07 Å². The maximum atomic E-state index is 13.1. The van der Waals surface area contributed by atoms with E-state index in [9.17, 15) is 13.2 Å². The summed E-state index contributed by atoms with van der Waals surface area (Å²) < 4.78 is 40.1. The van der Waals surface area contributed by atoms with Crippen LogP contribution in [-0.4, -0.2) is 42.1 Å². The first-order valence-corrected chi connectivity index (χ1v) is 8.32. The topological polar surface area (TPSA) is 53.1 Å². The number of halogens is 4. The molecule has 2 N–H and O–H groups in total. The van der Waals surface area contributed by atoms with E-state index in [4.69, 9.17) is 0 Å².